The molecule has 0 saturated heterocycles. The van der Waals surface area contributed by atoms with Crippen LogP contribution in [0.3, 0.4) is 0 Å². The van der Waals surface area contributed by atoms with Crippen LogP contribution in [0.15, 0.2) is 24.3 Å². The summed E-state index contributed by atoms with van der Waals surface area (Å²) in [6, 6.07) is 6.78. The number of aliphatic carboxylic acids is 1. The predicted octanol–water partition coefficient (Wildman–Crippen LogP) is -1.87. The summed E-state index contributed by atoms with van der Waals surface area (Å²) in [5, 5.41) is 12.7. The number of carboxylic acid groups (broad SMARTS) is 1. The average molecular weight is 285 g/mol. The van der Waals surface area contributed by atoms with Crippen LogP contribution >= 0.6 is 0 Å². The van der Waals surface area contributed by atoms with Gasteiger partial charge in [-0.1, -0.05) is 19.8 Å². The van der Waals surface area contributed by atoms with E-state index >= 15 is 0 Å². The largest absolute Gasteiger partial charge is 1.00 e. The first-order chi connectivity index (χ1) is 9.63. The molecule has 1 aromatic rings. The van der Waals surface area contributed by atoms with Crippen LogP contribution in [0.25, 0.3) is 0 Å². The van der Waals surface area contributed by atoms with E-state index in [0.29, 0.717) is 12.2 Å². The molecular weight excluding hydrogens is 265 g/mol. The molecule has 0 atom stereocenters. The van der Waals surface area contributed by atoms with Crippen molar-refractivity contribution in [3.63, 3.8) is 0 Å². The smallest absolute Gasteiger partial charge is 0.550 e. The van der Waals surface area contributed by atoms with E-state index in [9.17, 15) is 14.7 Å². The van der Waals surface area contributed by atoms with Crippen LogP contribution < -0.4 is 34.0 Å². The molecule has 0 fully saturated rings. The molecule has 1 N–H and O–H groups in total. The van der Waals surface area contributed by atoms with Gasteiger partial charge >= 0.3 is 18.9 Å². The molecule has 21 heavy (non-hydrogen) atoms. The number of benzene rings is 1. The minimum absolute atomic E-state index is 0. The van der Waals surface area contributed by atoms with E-state index in [2.05, 4.69) is 12.2 Å². The molecule has 5 nitrogen and oxygen atoms in total. The number of ether oxygens (including phenoxy) is 1. The first-order valence-corrected chi connectivity index (χ1v) is 6.84. The Morgan fingerprint density at radius 1 is 1.19 bits per heavy atom. The molecule has 0 saturated carbocycles. The Balaban J connectivity index is 0.00000400. The van der Waals surface area contributed by atoms with Gasteiger partial charge in [-0.25, -0.2) is 0 Å². The van der Waals surface area contributed by atoms with Gasteiger partial charge in [0.1, 0.15) is 5.75 Å². The van der Waals surface area contributed by atoms with E-state index in [-0.39, 0.29) is 37.7 Å². The second-order valence-electron chi connectivity index (χ2n) is 4.46. The fourth-order valence-electron chi connectivity index (χ4n) is 1.62. The molecule has 1 amide bonds. The maximum absolute atomic E-state index is 11.7. The Kier molecular flexibility index (Phi) is 10.5. The Morgan fingerprint density at radius 2 is 1.86 bits per heavy atom. The molecule has 1 rings (SSSR count). The van der Waals surface area contributed by atoms with E-state index < -0.39 is 5.97 Å². The number of amides is 1. The standard InChI is InChI=1S/C15H21NO4.Li/c1-2-3-4-11-20-13-7-5-12(6-8-13)15(19)16-10-9-14(17)18;/h5-8H,2-4,9-11H2,1H3,(H,16,19)(H,17,18);/q;+1/p-1. The van der Waals surface area contributed by atoms with Crippen LogP contribution in [-0.2, 0) is 4.79 Å². The van der Waals surface area contributed by atoms with Crippen molar-refractivity contribution in [1.29, 1.82) is 0 Å². The zero-order chi connectivity index (χ0) is 14.8. The molecule has 0 spiro atoms. The summed E-state index contributed by atoms with van der Waals surface area (Å²) in [4.78, 5) is 21.9. The molecule has 0 aliphatic rings. The van der Waals surface area contributed by atoms with Crippen LogP contribution in [0.5, 0.6) is 5.75 Å². The van der Waals surface area contributed by atoms with Gasteiger partial charge in [-0.3, -0.25) is 4.79 Å². The Morgan fingerprint density at radius 3 is 2.43 bits per heavy atom. The van der Waals surface area contributed by atoms with Crippen molar-refractivity contribution in [2.75, 3.05) is 13.2 Å². The molecular formula is C15H20LiNO4. The third-order valence-corrected chi connectivity index (χ3v) is 2.75. The van der Waals surface area contributed by atoms with Crippen LogP contribution in [0, 0.1) is 0 Å². The van der Waals surface area contributed by atoms with Crippen LogP contribution in [0.4, 0.5) is 0 Å². The van der Waals surface area contributed by atoms with Gasteiger partial charge in [0.2, 0.25) is 0 Å². The monoisotopic (exact) mass is 285 g/mol. The SMILES string of the molecule is CCCCCOc1ccc(C(=O)NCCC(=O)[O-])cc1.[Li+]. The summed E-state index contributed by atoms with van der Waals surface area (Å²) in [6.07, 6.45) is 3.11. The van der Waals surface area contributed by atoms with Gasteiger partial charge in [-0.2, -0.15) is 0 Å². The maximum atomic E-state index is 11.7. The van der Waals surface area contributed by atoms with Crippen LogP contribution in [0.2, 0.25) is 0 Å². The van der Waals surface area contributed by atoms with Crippen LogP contribution in [-0.4, -0.2) is 25.0 Å². The summed E-state index contributed by atoms with van der Waals surface area (Å²) in [7, 11) is 0. The molecule has 0 unspecified atom stereocenters. The second-order valence-corrected chi connectivity index (χ2v) is 4.46. The second kappa shape index (κ2) is 11.2. The number of carbonyl (C=O) groups is 2. The minimum atomic E-state index is -1.18. The fraction of sp³-hybridized carbons (Fsp3) is 0.467. The zero-order valence-electron chi connectivity index (χ0n) is 12.7. The number of carbonyl (C=O) groups excluding carboxylic acids is 2. The third-order valence-electron chi connectivity index (χ3n) is 2.75. The Labute approximate surface area is 137 Å². The van der Waals surface area contributed by atoms with E-state index in [1.165, 1.54) is 0 Å². The minimum Gasteiger partial charge on any atom is -0.550 e. The topological polar surface area (TPSA) is 78.5 Å². The molecule has 0 heterocycles. The molecule has 110 valence electrons. The van der Waals surface area contributed by atoms with Crippen LogP contribution in [0.1, 0.15) is 43.0 Å². The van der Waals surface area contributed by atoms with E-state index in [1.54, 1.807) is 24.3 Å². The number of hydrogen-bond donors (Lipinski definition) is 1. The first-order valence-electron chi connectivity index (χ1n) is 6.84. The molecule has 0 bridgehead atoms. The van der Waals surface area contributed by atoms with Gasteiger partial charge in [0.15, 0.2) is 0 Å². The van der Waals surface area contributed by atoms with Crippen molar-refractivity contribution >= 4 is 11.9 Å². The van der Waals surface area contributed by atoms with Gasteiger partial charge in [0, 0.05) is 24.5 Å². The number of nitrogens with one attached hydrogen (secondary N) is 1. The molecule has 6 heteroatoms. The van der Waals surface area contributed by atoms with Gasteiger partial charge in [-0.05, 0) is 30.7 Å². The zero-order valence-corrected chi connectivity index (χ0v) is 12.7. The van der Waals surface area contributed by atoms with Gasteiger partial charge in [0.25, 0.3) is 5.91 Å². The summed E-state index contributed by atoms with van der Waals surface area (Å²) >= 11 is 0. The maximum Gasteiger partial charge on any atom is 1.00 e. The van der Waals surface area contributed by atoms with Crippen molar-refractivity contribution in [1.82, 2.24) is 5.32 Å². The van der Waals surface area contributed by atoms with Crippen molar-refractivity contribution < 1.29 is 38.3 Å². The van der Waals surface area contributed by atoms with Crippen molar-refractivity contribution in [3.05, 3.63) is 29.8 Å². The quantitative estimate of drug-likeness (QED) is 0.426. The number of carboxylic acids is 1. The molecule has 0 aliphatic carbocycles. The molecule has 1 aromatic carbocycles. The van der Waals surface area contributed by atoms with E-state index in [1.807, 2.05) is 0 Å². The van der Waals surface area contributed by atoms with E-state index in [0.717, 1.165) is 25.0 Å². The summed E-state index contributed by atoms with van der Waals surface area (Å²) in [6.45, 7) is 2.87. The normalized spacial score (nSPS) is 9.57. The summed E-state index contributed by atoms with van der Waals surface area (Å²) < 4.78 is 5.54. The fourth-order valence-corrected chi connectivity index (χ4v) is 1.62. The Bertz CT molecular complexity index is 434. The van der Waals surface area contributed by atoms with Gasteiger partial charge in [-0.15, -0.1) is 0 Å². The molecule has 0 aromatic heterocycles. The van der Waals surface area contributed by atoms with E-state index in [4.69, 9.17) is 4.74 Å². The molecule has 0 aliphatic heterocycles. The van der Waals surface area contributed by atoms with Gasteiger partial charge < -0.3 is 20.0 Å². The summed E-state index contributed by atoms with van der Waals surface area (Å²) in [5.74, 6) is -0.753. The first kappa shape index (κ1) is 19.6. The average Bonchev–Trinajstić information content (AvgIpc) is 2.44. The number of rotatable bonds is 9. The third kappa shape index (κ3) is 8.44. The van der Waals surface area contributed by atoms with Crippen molar-refractivity contribution in [2.45, 2.75) is 32.6 Å². The van der Waals surface area contributed by atoms with Gasteiger partial charge in [0.05, 0.1) is 6.61 Å². The van der Waals surface area contributed by atoms with Crippen molar-refractivity contribution in [2.24, 2.45) is 0 Å². The predicted molar refractivity (Wildman–Crippen MR) is 73.4 cm³/mol. The molecule has 0 radical (unpaired) electrons. The summed E-state index contributed by atoms with van der Waals surface area (Å²) in [5.41, 5.74) is 0.476. The Hall–Kier alpha value is -1.44. The van der Waals surface area contributed by atoms with Crippen molar-refractivity contribution in [3.8, 4) is 5.75 Å². The number of unbranched alkanes of at least 4 members (excludes halogenated alkanes) is 2. The number of hydrogen-bond acceptors (Lipinski definition) is 4.